The second-order valence-electron chi connectivity index (χ2n) is 5.41. The van der Waals surface area contributed by atoms with Gasteiger partial charge in [0, 0.05) is 16.9 Å². The summed E-state index contributed by atoms with van der Waals surface area (Å²) >= 11 is 0. The zero-order valence-electron chi connectivity index (χ0n) is 12.7. The van der Waals surface area contributed by atoms with E-state index in [1.54, 1.807) is 4.52 Å². The first kappa shape index (κ1) is 14.4. The Bertz CT molecular complexity index is 642. The Hall–Kier alpha value is -1.98. The van der Waals surface area contributed by atoms with Gasteiger partial charge in [-0.05, 0) is 39.7 Å². The lowest BCUT2D eigenvalue weighted by Crippen LogP contribution is -2.45. The molecule has 6 heteroatoms. The molecule has 2 aromatic heterocycles. The first-order chi connectivity index (χ1) is 9.38. The van der Waals surface area contributed by atoms with Crippen LogP contribution in [0.4, 0.5) is 0 Å². The molecular weight excluding hydrogens is 254 g/mol. The highest BCUT2D eigenvalue weighted by Gasteiger charge is 2.25. The normalized spacial score (nSPS) is 11.8. The van der Waals surface area contributed by atoms with Gasteiger partial charge < -0.3 is 5.32 Å². The number of amides is 1. The van der Waals surface area contributed by atoms with E-state index in [0.29, 0.717) is 5.78 Å². The molecule has 2 rings (SSSR count). The monoisotopic (exact) mass is 275 g/mol. The standard InChI is InChI=1S/C14H21N5O/c1-6-14(5,7-2)17-12(20)11-16-13-15-9(3)8-10(4)19(13)18-11/h8H,6-7H2,1-5H3,(H,17,20). The number of aromatic nitrogens is 4. The van der Waals surface area contributed by atoms with Crippen LogP contribution in [0.25, 0.3) is 5.78 Å². The fourth-order valence-corrected chi connectivity index (χ4v) is 2.02. The van der Waals surface area contributed by atoms with Crippen molar-refractivity contribution in [2.75, 3.05) is 0 Å². The lowest BCUT2D eigenvalue weighted by molar-refractivity contribution is 0.0890. The molecule has 0 aliphatic rings. The van der Waals surface area contributed by atoms with E-state index < -0.39 is 0 Å². The second-order valence-corrected chi connectivity index (χ2v) is 5.41. The summed E-state index contributed by atoms with van der Waals surface area (Å²) in [7, 11) is 0. The summed E-state index contributed by atoms with van der Waals surface area (Å²) in [6.45, 7) is 9.94. The van der Waals surface area contributed by atoms with Gasteiger partial charge in [0.15, 0.2) is 0 Å². The first-order valence-corrected chi connectivity index (χ1v) is 6.92. The van der Waals surface area contributed by atoms with Gasteiger partial charge in [0.25, 0.3) is 11.7 Å². The molecule has 2 heterocycles. The van der Waals surface area contributed by atoms with Crippen LogP contribution < -0.4 is 5.32 Å². The smallest absolute Gasteiger partial charge is 0.291 e. The molecule has 1 N–H and O–H groups in total. The number of hydrogen-bond donors (Lipinski definition) is 1. The lowest BCUT2D eigenvalue weighted by atomic mass is 9.95. The highest BCUT2D eigenvalue weighted by molar-refractivity contribution is 5.91. The summed E-state index contributed by atoms with van der Waals surface area (Å²) in [6, 6.07) is 1.91. The van der Waals surface area contributed by atoms with Crippen LogP contribution in [0.2, 0.25) is 0 Å². The van der Waals surface area contributed by atoms with E-state index in [9.17, 15) is 4.79 Å². The number of nitrogens with zero attached hydrogens (tertiary/aromatic N) is 4. The third-order valence-corrected chi connectivity index (χ3v) is 3.80. The Labute approximate surface area is 118 Å². The van der Waals surface area contributed by atoms with Gasteiger partial charge in [-0.1, -0.05) is 13.8 Å². The third kappa shape index (κ3) is 2.64. The number of rotatable bonds is 4. The van der Waals surface area contributed by atoms with Crippen molar-refractivity contribution < 1.29 is 4.79 Å². The Balaban J connectivity index is 2.34. The van der Waals surface area contributed by atoms with E-state index in [-0.39, 0.29) is 17.3 Å². The molecule has 20 heavy (non-hydrogen) atoms. The number of nitrogens with one attached hydrogen (secondary N) is 1. The van der Waals surface area contributed by atoms with E-state index in [1.807, 2.05) is 26.8 Å². The zero-order chi connectivity index (χ0) is 14.9. The van der Waals surface area contributed by atoms with Crippen molar-refractivity contribution in [3.8, 4) is 0 Å². The van der Waals surface area contributed by atoms with Crippen molar-refractivity contribution in [1.29, 1.82) is 0 Å². The van der Waals surface area contributed by atoms with Crippen molar-refractivity contribution >= 4 is 11.7 Å². The molecule has 0 saturated heterocycles. The number of hydrogen-bond acceptors (Lipinski definition) is 4. The van der Waals surface area contributed by atoms with Crippen LogP contribution in [0.3, 0.4) is 0 Å². The Morgan fingerprint density at radius 3 is 2.55 bits per heavy atom. The maximum atomic E-state index is 12.3. The topological polar surface area (TPSA) is 72.2 Å². The molecule has 1 amide bonds. The van der Waals surface area contributed by atoms with Crippen LogP contribution in [0.15, 0.2) is 6.07 Å². The molecule has 0 aliphatic heterocycles. The van der Waals surface area contributed by atoms with Gasteiger partial charge in [-0.3, -0.25) is 4.79 Å². The van der Waals surface area contributed by atoms with Crippen LogP contribution in [0, 0.1) is 13.8 Å². The summed E-state index contributed by atoms with van der Waals surface area (Å²) in [4.78, 5) is 20.8. The van der Waals surface area contributed by atoms with Gasteiger partial charge >= 0.3 is 0 Å². The molecule has 0 spiro atoms. The van der Waals surface area contributed by atoms with Crippen LogP contribution in [0.1, 0.15) is 55.6 Å². The SMILES string of the molecule is CCC(C)(CC)NC(=O)c1nc2nc(C)cc(C)n2n1. The zero-order valence-corrected chi connectivity index (χ0v) is 12.7. The molecule has 0 aromatic carbocycles. The molecule has 6 nitrogen and oxygen atoms in total. The molecule has 2 aromatic rings. The van der Waals surface area contributed by atoms with E-state index in [2.05, 4.69) is 34.2 Å². The highest BCUT2D eigenvalue weighted by atomic mass is 16.2. The molecular formula is C14H21N5O. The van der Waals surface area contributed by atoms with E-state index in [0.717, 1.165) is 24.2 Å². The Morgan fingerprint density at radius 1 is 1.30 bits per heavy atom. The molecule has 0 aliphatic carbocycles. The van der Waals surface area contributed by atoms with Crippen molar-refractivity contribution in [3.05, 3.63) is 23.3 Å². The van der Waals surface area contributed by atoms with Gasteiger partial charge in [0.1, 0.15) is 0 Å². The average molecular weight is 275 g/mol. The second kappa shape index (κ2) is 5.19. The molecule has 0 fully saturated rings. The quantitative estimate of drug-likeness (QED) is 0.927. The fraction of sp³-hybridized carbons (Fsp3) is 0.571. The van der Waals surface area contributed by atoms with Crippen molar-refractivity contribution in [3.63, 3.8) is 0 Å². The van der Waals surface area contributed by atoms with E-state index in [4.69, 9.17) is 0 Å². The summed E-state index contributed by atoms with van der Waals surface area (Å²) in [6.07, 6.45) is 1.72. The maximum Gasteiger partial charge on any atom is 0.291 e. The van der Waals surface area contributed by atoms with Crippen molar-refractivity contribution in [2.45, 2.75) is 53.0 Å². The van der Waals surface area contributed by atoms with Crippen LogP contribution in [-0.2, 0) is 0 Å². The summed E-state index contributed by atoms with van der Waals surface area (Å²) in [5.74, 6) is 0.375. The fourth-order valence-electron chi connectivity index (χ4n) is 2.02. The lowest BCUT2D eigenvalue weighted by Gasteiger charge is -2.27. The van der Waals surface area contributed by atoms with Gasteiger partial charge in [-0.2, -0.15) is 4.98 Å². The van der Waals surface area contributed by atoms with Crippen LogP contribution in [-0.4, -0.2) is 31.0 Å². The summed E-state index contributed by atoms with van der Waals surface area (Å²) in [5, 5.41) is 7.24. The number of aryl methyl sites for hydroxylation is 2. The summed E-state index contributed by atoms with van der Waals surface area (Å²) < 4.78 is 1.59. The molecule has 0 unspecified atom stereocenters. The Kier molecular flexibility index (Phi) is 3.74. The Morgan fingerprint density at radius 2 is 1.95 bits per heavy atom. The van der Waals surface area contributed by atoms with Crippen LogP contribution in [0.5, 0.6) is 0 Å². The van der Waals surface area contributed by atoms with Gasteiger partial charge in [0.2, 0.25) is 5.82 Å². The number of fused-ring (bicyclic) bond motifs is 1. The van der Waals surface area contributed by atoms with Gasteiger partial charge in [-0.15, -0.1) is 5.10 Å². The maximum absolute atomic E-state index is 12.3. The third-order valence-electron chi connectivity index (χ3n) is 3.80. The predicted octanol–water partition coefficient (Wildman–Crippen LogP) is 2.05. The first-order valence-electron chi connectivity index (χ1n) is 6.92. The average Bonchev–Trinajstić information content (AvgIpc) is 2.82. The number of carbonyl (C=O) groups excluding carboxylic acids is 1. The van der Waals surface area contributed by atoms with Crippen molar-refractivity contribution in [1.82, 2.24) is 24.9 Å². The van der Waals surface area contributed by atoms with E-state index in [1.165, 1.54) is 0 Å². The molecule has 0 radical (unpaired) electrons. The van der Waals surface area contributed by atoms with E-state index >= 15 is 0 Å². The minimum atomic E-state index is -0.251. The molecule has 0 saturated carbocycles. The minimum Gasteiger partial charge on any atom is -0.344 e. The molecule has 108 valence electrons. The van der Waals surface area contributed by atoms with Gasteiger partial charge in [-0.25, -0.2) is 9.50 Å². The largest absolute Gasteiger partial charge is 0.344 e. The predicted molar refractivity (Wildman–Crippen MR) is 76.7 cm³/mol. The molecule has 0 atom stereocenters. The van der Waals surface area contributed by atoms with Gasteiger partial charge in [0.05, 0.1) is 0 Å². The van der Waals surface area contributed by atoms with Crippen molar-refractivity contribution in [2.24, 2.45) is 0 Å². The van der Waals surface area contributed by atoms with Crippen LogP contribution >= 0.6 is 0 Å². The molecule has 0 bridgehead atoms. The summed E-state index contributed by atoms with van der Waals surface area (Å²) in [5.41, 5.74) is 1.54. The highest BCUT2D eigenvalue weighted by Crippen LogP contribution is 2.14. The number of carbonyl (C=O) groups is 1. The minimum absolute atomic E-state index is 0.166.